The third-order valence-electron chi connectivity index (χ3n) is 1.30. The van der Waals surface area contributed by atoms with Crippen molar-refractivity contribution in [2.45, 2.75) is 6.92 Å². The van der Waals surface area contributed by atoms with Crippen LogP contribution in [0.2, 0.25) is 10.2 Å². The Bertz CT molecular complexity index is 416. The Morgan fingerprint density at radius 3 is 2.80 bits per heavy atom. The number of halogens is 2. The Morgan fingerprint density at radius 2 is 2.27 bits per heavy atom. The summed E-state index contributed by atoms with van der Waals surface area (Å²) in [5.41, 5.74) is 5.33. The summed E-state index contributed by atoms with van der Waals surface area (Å²) in [4.78, 5) is 19.4. The van der Waals surface area contributed by atoms with Gasteiger partial charge in [0, 0.05) is 6.20 Å². The molecular formula is C8H7Cl2N3O2. The Hall–Kier alpha value is -1.33. The Kier molecular flexibility index (Phi) is 3.88. The number of hydrogen-bond acceptors (Lipinski definition) is 4. The van der Waals surface area contributed by atoms with E-state index < -0.39 is 5.97 Å². The van der Waals surface area contributed by atoms with Crippen molar-refractivity contribution < 1.29 is 9.63 Å². The summed E-state index contributed by atoms with van der Waals surface area (Å²) in [6, 6.07) is 1.33. The molecule has 1 aromatic rings. The van der Waals surface area contributed by atoms with Crippen molar-refractivity contribution in [3.8, 4) is 0 Å². The number of oxime groups is 1. The van der Waals surface area contributed by atoms with Crippen LogP contribution in [0.15, 0.2) is 17.4 Å². The lowest BCUT2D eigenvalue weighted by atomic mass is 10.3. The van der Waals surface area contributed by atoms with Gasteiger partial charge in [-0.3, -0.25) is 0 Å². The van der Waals surface area contributed by atoms with Gasteiger partial charge in [-0.2, -0.15) is 0 Å². The van der Waals surface area contributed by atoms with E-state index in [0.29, 0.717) is 0 Å². The molecule has 0 aliphatic rings. The van der Waals surface area contributed by atoms with E-state index in [9.17, 15) is 4.79 Å². The Balaban J connectivity index is 2.83. The summed E-state index contributed by atoms with van der Waals surface area (Å²) in [5, 5.41) is 3.58. The van der Waals surface area contributed by atoms with Crippen LogP contribution in [0.5, 0.6) is 0 Å². The first-order chi connectivity index (χ1) is 7.00. The van der Waals surface area contributed by atoms with Crippen molar-refractivity contribution in [1.29, 1.82) is 0 Å². The number of nitrogens with two attached hydrogens (primary N) is 1. The molecule has 1 aromatic heterocycles. The highest BCUT2D eigenvalue weighted by Crippen LogP contribution is 2.19. The predicted molar refractivity (Wildman–Crippen MR) is 57.0 cm³/mol. The van der Waals surface area contributed by atoms with Crippen LogP contribution < -0.4 is 5.73 Å². The van der Waals surface area contributed by atoms with Crippen molar-refractivity contribution in [1.82, 2.24) is 4.98 Å². The molecule has 0 aromatic carbocycles. The van der Waals surface area contributed by atoms with Crippen LogP contribution in [0.25, 0.3) is 0 Å². The van der Waals surface area contributed by atoms with Gasteiger partial charge in [0.25, 0.3) is 0 Å². The number of carbonyl (C=O) groups is 1. The number of aromatic nitrogens is 1. The molecule has 0 radical (unpaired) electrons. The molecule has 80 valence electrons. The van der Waals surface area contributed by atoms with Crippen LogP contribution in [-0.4, -0.2) is 16.8 Å². The summed E-state index contributed by atoms with van der Waals surface area (Å²) in [7, 11) is 0. The summed E-state index contributed by atoms with van der Waals surface area (Å²) in [5.74, 6) is -0.567. The molecule has 1 rings (SSSR count). The number of hydrogen-bond donors (Lipinski definition) is 1. The molecule has 0 spiro atoms. The number of carbonyl (C=O) groups excluding carboxylic acids is 1. The molecule has 15 heavy (non-hydrogen) atoms. The van der Waals surface area contributed by atoms with Gasteiger partial charge >= 0.3 is 5.97 Å². The second-order valence-corrected chi connectivity index (χ2v) is 3.37. The third kappa shape index (κ3) is 3.38. The minimum absolute atomic E-state index is 0.117. The first-order valence-electron chi connectivity index (χ1n) is 3.83. The molecule has 0 unspecified atom stereocenters. The van der Waals surface area contributed by atoms with E-state index in [4.69, 9.17) is 28.9 Å². The van der Waals surface area contributed by atoms with E-state index in [0.717, 1.165) is 0 Å². The average Bonchev–Trinajstić information content (AvgIpc) is 2.18. The number of nitrogens with zero attached hydrogens (tertiary/aromatic N) is 2. The molecule has 5 nitrogen and oxygen atoms in total. The maximum absolute atomic E-state index is 11.3. The van der Waals surface area contributed by atoms with Crippen LogP contribution in [0.3, 0.4) is 0 Å². The Morgan fingerprint density at radius 1 is 1.60 bits per heavy atom. The highest BCUT2D eigenvalue weighted by molar-refractivity contribution is 6.41. The van der Waals surface area contributed by atoms with Crippen molar-refractivity contribution in [2.75, 3.05) is 0 Å². The van der Waals surface area contributed by atoms with Crippen molar-refractivity contribution >= 4 is 35.0 Å². The van der Waals surface area contributed by atoms with Gasteiger partial charge in [0.05, 0.1) is 10.6 Å². The minimum atomic E-state index is -0.703. The first kappa shape index (κ1) is 11.7. The second kappa shape index (κ2) is 4.95. The number of rotatable bonds is 2. The molecule has 7 heteroatoms. The first-order valence-corrected chi connectivity index (χ1v) is 4.58. The molecule has 0 atom stereocenters. The molecule has 0 bridgehead atoms. The zero-order valence-electron chi connectivity index (χ0n) is 7.70. The topological polar surface area (TPSA) is 77.6 Å². The quantitative estimate of drug-likeness (QED) is 0.285. The number of pyridine rings is 1. The van der Waals surface area contributed by atoms with Crippen LogP contribution in [0.1, 0.15) is 17.3 Å². The van der Waals surface area contributed by atoms with E-state index in [1.807, 2.05) is 0 Å². The summed E-state index contributed by atoms with van der Waals surface area (Å²) < 4.78 is 0. The van der Waals surface area contributed by atoms with Gasteiger partial charge in [-0.05, 0) is 13.0 Å². The van der Waals surface area contributed by atoms with E-state index >= 15 is 0 Å². The molecular weight excluding hydrogens is 241 g/mol. The second-order valence-electron chi connectivity index (χ2n) is 2.61. The fourth-order valence-corrected chi connectivity index (χ4v) is 0.969. The lowest BCUT2D eigenvalue weighted by Crippen LogP contribution is -2.09. The third-order valence-corrected chi connectivity index (χ3v) is 1.99. The molecule has 2 N–H and O–H groups in total. The largest absolute Gasteiger partial charge is 0.385 e. The van der Waals surface area contributed by atoms with Gasteiger partial charge in [0.15, 0.2) is 0 Å². The fourth-order valence-electron chi connectivity index (χ4n) is 0.699. The van der Waals surface area contributed by atoms with E-state index in [1.54, 1.807) is 0 Å². The van der Waals surface area contributed by atoms with Gasteiger partial charge in [-0.1, -0.05) is 28.4 Å². The maximum atomic E-state index is 11.3. The summed E-state index contributed by atoms with van der Waals surface area (Å²) in [6.45, 7) is 1.49. The average molecular weight is 248 g/mol. The van der Waals surface area contributed by atoms with Crippen molar-refractivity contribution in [2.24, 2.45) is 10.9 Å². The minimum Gasteiger partial charge on any atom is -0.385 e. The van der Waals surface area contributed by atoms with Crippen LogP contribution in [0.4, 0.5) is 0 Å². The zero-order valence-corrected chi connectivity index (χ0v) is 9.21. The van der Waals surface area contributed by atoms with Gasteiger partial charge in [-0.25, -0.2) is 9.78 Å². The zero-order chi connectivity index (χ0) is 11.4. The standard InChI is InChI=1S/C8H7Cl2N3O2/c1-4(11)13-15-8(14)5-2-6(9)7(10)12-3-5/h2-3H,1H3,(H2,11,13). The van der Waals surface area contributed by atoms with Crippen LogP contribution in [0, 0.1) is 0 Å². The molecule has 0 aliphatic heterocycles. The summed E-state index contributed by atoms with van der Waals surface area (Å²) in [6.07, 6.45) is 1.23. The monoisotopic (exact) mass is 247 g/mol. The lowest BCUT2D eigenvalue weighted by molar-refractivity contribution is 0.0515. The van der Waals surface area contributed by atoms with E-state index in [-0.39, 0.29) is 21.6 Å². The van der Waals surface area contributed by atoms with Gasteiger partial charge in [0.2, 0.25) is 0 Å². The highest BCUT2D eigenvalue weighted by Gasteiger charge is 2.10. The molecule has 0 saturated heterocycles. The van der Waals surface area contributed by atoms with E-state index in [2.05, 4.69) is 15.0 Å². The van der Waals surface area contributed by atoms with Gasteiger partial charge in [0.1, 0.15) is 11.0 Å². The molecule has 0 amide bonds. The SMILES string of the molecule is C/C(N)=N\OC(=O)c1cnc(Cl)c(Cl)c1. The smallest absolute Gasteiger partial charge is 0.367 e. The predicted octanol–water partition coefficient (Wildman–Crippen LogP) is 1.84. The van der Waals surface area contributed by atoms with Crippen LogP contribution >= 0.6 is 23.2 Å². The maximum Gasteiger partial charge on any atom is 0.367 e. The molecule has 0 aliphatic carbocycles. The molecule has 0 saturated carbocycles. The summed E-state index contributed by atoms with van der Waals surface area (Å²) >= 11 is 11.2. The van der Waals surface area contributed by atoms with Crippen LogP contribution in [-0.2, 0) is 4.84 Å². The van der Waals surface area contributed by atoms with Crippen molar-refractivity contribution in [3.63, 3.8) is 0 Å². The van der Waals surface area contributed by atoms with Gasteiger partial charge in [-0.15, -0.1) is 0 Å². The highest BCUT2D eigenvalue weighted by atomic mass is 35.5. The molecule has 1 heterocycles. The lowest BCUT2D eigenvalue weighted by Gasteiger charge is -1.99. The van der Waals surface area contributed by atoms with Gasteiger partial charge < -0.3 is 10.6 Å². The fraction of sp³-hybridized carbons (Fsp3) is 0.125. The number of amidine groups is 1. The Labute approximate surface area is 95.8 Å². The van der Waals surface area contributed by atoms with Crippen molar-refractivity contribution in [3.05, 3.63) is 28.0 Å². The molecule has 0 fully saturated rings. The normalized spacial score (nSPS) is 11.3. The van der Waals surface area contributed by atoms with E-state index in [1.165, 1.54) is 19.2 Å².